The molecule has 0 heterocycles. The first kappa shape index (κ1) is 17.7. The van der Waals surface area contributed by atoms with Gasteiger partial charge in [-0.2, -0.15) is 0 Å². The number of hydrogen-bond acceptors (Lipinski definition) is 4. The van der Waals surface area contributed by atoms with Crippen LogP contribution in [0.25, 0.3) is 6.08 Å². The van der Waals surface area contributed by atoms with E-state index < -0.39 is 15.8 Å². The van der Waals surface area contributed by atoms with Crippen LogP contribution in [0, 0.1) is 6.92 Å². The third-order valence-corrected chi connectivity index (χ3v) is 5.19. The highest BCUT2D eigenvalue weighted by molar-refractivity contribution is 7.90. The lowest BCUT2D eigenvalue weighted by molar-refractivity contribution is -0.131. The lowest BCUT2D eigenvalue weighted by atomic mass is 10.1. The number of aryl methyl sites for hydroxylation is 1. The molecule has 6 heteroatoms. The Bertz CT molecular complexity index is 865. The average Bonchev–Trinajstić information content (AvgIpc) is 2.55. The van der Waals surface area contributed by atoms with Crippen LogP contribution in [0.15, 0.2) is 53.4 Å². The molecule has 0 fully saturated rings. The molecule has 0 aromatic heterocycles. The van der Waals surface area contributed by atoms with Gasteiger partial charge in [0.15, 0.2) is 9.84 Å². The van der Waals surface area contributed by atoms with Gasteiger partial charge < -0.3 is 9.84 Å². The van der Waals surface area contributed by atoms with Crippen LogP contribution >= 0.6 is 0 Å². The molecule has 0 atom stereocenters. The molecule has 0 amide bonds. The molecule has 1 N–H and O–H groups in total. The fraction of sp³-hybridized carbons (Fsp3) is 0.167. The van der Waals surface area contributed by atoms with Crippen molar-refractivity contribution in [3.63, 3.8) is 0 Å². The summed E-state index contributed by atoms with van der Waals surface area (Å²) in [6.07, 6.45) is 2.41. The molecule has 2 rings (SSSR count). The van der Waals surface area contributed by atoms with Gasteiger partial charge in [-0.25, -0.2) is 13.2 Å². The average molecular weight is 346 g/mol. The number of carbonyl (C=O) groups is 1. The Hall–Kier alpha value is -2.60. The molecule has 0 unspecified atom stereocenters. The van der Waals surface area contributed by atoms with Crippen molar-refractivity contribution in [3.8, 4) is 5.75 Å². The van der Waals surface area contributed by atoms with E-state index in [2.05, 4.69) is 0 Å². The summed E-state index contributed by atoms with van der Waals surface area (Å²) in [5.41, 5.74) is 2.20. The lowest BCUT2D eigenvalue weighted by Crippen LogP contribution is -2.05. The van der Waals surface area contributed by atoms with Gasteiger partial charge in [0, 0.05) is 6.08 Å². The predicted molar refractivity (Wildman–Crippen MR) is 91.7 cm³/mol. The first-order chi connectivity index (χ1) is 11.3. The van der Waals surface area contributed by atoms with Crippen molar-refractivity contribution >= 4 is 21.9 Å². The molecule has 24 heavy (non-hydrogen) atoms. The molecule has 5 nitrogen and oxygen atoms in total. The second-order valence-electron chi connectivity index (χ2n) is 5.30. The van der Waals surface area contributed by atoms with Crippen molar-refractivity contribution in [1.82, 2.24) is 0 Å². The Morgan fingerprint density at radius 2 is 1.83 bits per heavy atom. The van der Waals surface area contributed by atoms with Crippen LogP contribution in [0.5, 0.6) is 5.75 Å². The van der Waals surface area contributed by atoms with Crippen LogP contribution < -0.4 is 4.74 Å². The number of sulfone groups is 1. The highest BCUT2D eigenvalue weighted by Gasteiger charge is 2.16. The first-order valence-electron chi connectivity index (χ1n) is 7.19. The summed E-state index contributed by atoms with van der Waals surface area (Å²) in [5.74, 6) is -0.537. The molecule has 2 aromatic carbocycles. The van der Waals surface area contributed by atoms with Crippen molar-refractivity contribution in [3.05, 3.63) is 65.2 Å². The summed E-state index contributed by atoms with van der Waals surface area (Å²) in [4.78, 5) is 10.7. The number of ether oxygens (including phenoxy) is 1. The number of aliphatic carboxylic acids is 1. The van der Waals surface area contributed by atoms with Crippen LogP contribution in [0.2, 0.25) is 0 Å². The highest BCUT2D eigenvalue weighted by Crippen LogP contribution is 2.23. The quantitative estimate of drug-likeness (QED) is 0.813. The second kappa shape index (κ2) is 7.31. The molecule has 2 aromatic rings. The number of methoxy groups -OCH3 is 1. The van der Waals surface area contributed by atoms with E-state index in [1.54, 1.807) is 31.4 Å². The zero-order chi connectivity index (χ0) is 17.7. The van der Waals surface area contributed by atoms with Gasteiger partial charge in [0.05, 0.1) is 17.8 Å². The Kier molecular flexibility index (Phi) is 5.41. The third kappa shape index (κ3) is 4.45. The van der Waals surface area contributed by atoms with Gasteiger partial charge in [0.2, 0.25) is 0 Å². The van der Waals surface area contributed by atoms with Crippen LogP contribution in [-0.2, 0) is 20.4 Å². The molecule has 0 radical (unpaired) electrons. The molecule has 126 valence electrons. The molecule has 0 saturated carbocycles. The van der Waals surface area contributed by atoms with E-state index in [9.17, 15) is 13.2 Å². The summed E-state index contributed by atoms with van der Waals surface area (Å²) in [6.45, 7) is 1.89. The Morgan fingerprint density at radius 3 is 2.42 bits per heavy atom. The molecule has 0 aliphatic carbocycles. The predicted octanol–water partition coefficient (Wildman–Crippen LogP) is 3.08. The van der Waals surface area contributed by atoms with E-state index in [-0.39, 0.29) is 10.6 Å². The molecule has 0 saturated heterocycles. The summed E-state index contributed by atoms with van der Waals surface area (Å²) < 4.78 is 30.2. The smallest absolute Gasteiger partial charge is 0.328 e. The van der Waals surface area contributed by atoms with Crippen molar-refractivity contribution in [2.45, 2.75) is 17.6 Å². The maximum Gasteiger partial charge on any atom is 0.328 e. The number of carboxylic acids is 1. The van der Waals surface area contributed by atoms with E-state index >= 15 is 0 Å². The van der Waals surface area contributed by atoms with Crippen molar-refractivity contribution in [2.24, 2.45) is 0 Å². The number of benzene rings is 2. The zero-order valence-corrected chi connectivity index (χ0v) is 14.2. The fourth-order valence-electron chi connectivity index (χ4n) is 2.21. The van der Waals surface area contributed by atoms with Gasteiger partial charge >= 0.3 is 5.97 Å². The van der Waals surface area contributed by atoms with Crippen LogP contribution in [-0.4, -0.2) is 26.6 Å². The fourth-order valence-corrected chi connectivity index (χ4v) is 3.55. The molecule has 0 spiro atoms. The van der Waals surface area contributed by atoms with E-state index in [4.69, 9.17) is 9.84 Å². The molecule has 0 bridgehead atoms. The monoisotopic (exact) mass is 346 g/mol. The highest BCUT2D eigenvalue weighted by atomic mass is 32.2. The standard InChI is InChI=1S/C18H18O5S/c1-13-3-4-15(11-17(13)23-2)12-24(21,22)16-8-5-14(6-9-16)7-10-18(19)20/h3-11H,12H2,1-2H3,(H,19,20)/b10-7+. The number of hydrogen-bond donors (Lipinski definition) is 1. The summed E-state index contributed by atoms with van der Waals surface area (Å²) in [6, 6.07) is 11.4. The largest absolute Gasteiger partial charge is 0.496 e. The summed E-state index contributed by atoms with van der Waals surface area (Å²) in [5, 5.41) is 8.59. The van der Waals surface area contributed by atoms with Crippen LogP contribution in [0.4, 0.5) is 0 Å². The zero-order valence-electron chi connectivity index (χ0n) is 13.4. The van der Waals surface area contributed by atoms with Gasteiger partial charge in [-0.1, -0.05) is 24.3 Å². The maximum absolute atomic E-state index is 12.5. The SMILES string of the molecule is COc1cc(CS(=O)(=O)c2ccc(/C=C/C(=O)O)cc2)ccc1C. The minimum Gasteiger partial charge on any atom is -0.496 e. The third-order valence-electron chi connectivity index (χ3n) is 3.49. The Labute approximate surface area is 141 Å². The van der Waals surface area contributed by atoms with Crippen molar-refractivity contribution in [1.29, 1.82) is 0 Å². The maximum atomic E-state index is 12.5. The van der Waals surface area contributed by atoms with Gasteiger partial charge in [-0.05, 0) is 47.9 Å². The number of carboxylic acid groups (broad SMARTS) is 1. The normalized spacial score (nSPS) is 11.6. The van der Waals surface area contributed by atoms with Gasteiger partial charge in [-0.3, -0.25) is 0 Å². The minimum atomic E-state index is -3.50. The molecule has 0 aliphatic rings. The van der Waals surface area contributed by atoms with Gasteiger partial charge in [0.1, 0.15) is 5.75 Å². The topological polar surface area (TPSA) is 80.7 Å². The number of rotatable bonds is 6. The van der Waals surface area contributed by atoms with E-state index in [1.807, 2.05) is 13.0 Å². The van der Waals surface area contributed by atoms with Crippen molar-refractivity contribution in [2.75, 3.05) is 7.11 Å². The van der Waals surface area contributed by atoms with Crippen molar-refractivity contribution < 1.29 is 23.1 Å². The Balaban J connectivity index is 2.22. The second-order valence-corrected chi connectivity index (χ2v) is 7.29. The van der Waals surface area contributed by atoms with E-state index in [1.165, 1.54) is 18.2 Å². The van der Waals surface area contributed by atoms with E-state index in [0.717, 1.165) is 11.6 Å². The molecule has 0 aliphatic heterocycles. The van der Waals surface area contributed by atoms with E-state index in [0.29, 0.717) is 16.9 Å². The molecular weight excluding hydrogens is 328 g/mol. The summed E-state index contributed by atoms with van der Waals surface area (Å²) in [7, 11) is -1.95. The first-order valence-corrected chi connectivity index (χ1v) is 8.84. The lowest BCUT2D eigenvalue weighted by Gasteiger charge is -2.09. The van der Waals surface area contributed by atoms with Gasteiger partial charge in [-0.15, -0.1) is 0 Å². The van der Waals surface area contributed by atoms with Crippen LogP contribution in [0.1, 0.15) is 16.7 Å². The minimum absolute atomic E-state index is 0.131. The molecular formula is C18H18O5S. The van der Waals surface area contributed by atoms with Gasteiger partial charge in [0.25, 0.3) is 0 Å². The summed E-state index contributed by atoms with van der Waals surface area (Å²) >= 11 is 0. The Morgan fingerprint density at radius 1 is 1.17 bits per heavy atom. The van der Waals surface area contributed by atoms with Crippen LogP contribution in [0.3, 0.4) is 0 Å².